The second kappa shape index (κ2) is 16.5. The largest absolute Gasteiger partial charge is 0.508 e. The molecule has 4 saturated heterocycles. The highest BCUT2D eigenvalue weighted by Gasteiger charge is 2.94. The number of fused-ring (bicyclic) bond motifs is 10. The molecule has 78 heavy (non-hydrogen) atoms. The highest BCUT2D eigenvalue weighted by Crippen LogP contribution is 2.89. The van der Waals surface area contributed by atoms with Gasteiger partial charge < -0.3 is 25.2 Å². The van der Waals surface area contributed by atoms with E-state index in [-0.39, 0.29) is 41.7 Å². The third-order valence-corrected chi connectivity index (χ3v) is 29.2. The fraction of sp³-hybridized carbons (Fsp3) is 0.771. The molecule has 10 aliphatic carbocycles. The van der Waals surface area contributed by atoms with Crippen LogP contribution < -0.4 is 5.73 Å². The van der Waals surface area contributed by atoms with E-state index in [4.69, 9.17) is 15.2 Å². The van der Waals surface area contributed by atoms with Gasteiger partial charge in [0.25, 0.3) is 0 Å². The van der Waals surface area contributed by atoms with Crippen molar-refractivity contribution < 1.29 is 24.2 Å². The molecule has 18 rings (SSSR count). The Morgan fingerprint density at radius 1 is 0.769 bits per heavy atom. The summed E-state index contributed by atoms with van der Waals surface area (Å²) < 4.78 is 15.1. The number of carbonyl (C=O) groups is 2. The van der Waals surface area contributed by atoms with Gasteiger partial charge in [-0.25, -0.2) is 4.79 Å². The number of ether oxygens (including phenoxy) is 2. The Labute approximate surface area is 465 Å². The van der Waals surface area contributed by atoms with Crippen LogP contribution in [0.25, 0.3) is 0 Å². The zero-order chi connectivity index (χ0) is 51.9. The van der Waals surface area contributed by atoms with Gasteiger partial charge in [-0.3, -0.25) is 9.69 Å². The van der Waals surface area contributed by atoms with Gasteiger partial charge in [0.15, 0.2) is 11.4 Å². The molecule has 416 valence electrons. The van der Waals surface area contributed by atoms with Crippen LogP contribution in [0.2, 0.25) is 0 Å². The Balaban J connectivity index is 0.909. The number of nitrogens with two attached hydrogens (primary N) is 1. The molecule has 8 heteroatoms. The van der Waals surface area contributed by atoms with E-state index >= 15 is 9.59 Å². The monoisotopic (exact) mass is 1050 g/mol. The fourth-order valence-corrected chi connectivity index (χ4v) is 27.2. The molecule has 3 N–H and O–H groups in total. The van der Waals surface area contributed by atoms with Gasteiger partial charge in [0.05, 0.1) is 11.0 Å². The van der Waals surface area contributed by atoms with Gasteiger partial charge in [0.2, 0.25) is 0 Å². The Morgan fingerprint density at radius 3 is 2.41 bits per heavy atom. The van der Waals surface area contributed by atoms with Gasteiger partial charge in [-0.15, -0.1) is 0 Å². The van der Waals surface area contributed by atoms with E-state index < -0.39 is 16.4 Å². The standard InChI is InChI=1S/C70H91N3O5/c1-40-32-45-19-21-53-46-33-47-39-73(53)60(45)57-49-23-30-68-62(61(74)50-20-22-54(47)72(38-46)59(50)48-36-66(26-7-8-27-66)67(37-48)29-11-28-65(67)24-5-6-25-65)77-64(76)69(68)55(70(68)52-16-9-14-42(15-10-31-71)56(52)63(75)78-70)35-43(41-12-3-2-4-13-41)17-18-44(58(49)69)34-51(40)57/h9,14,16-18,40-41,43-44,46-48,50-51,53-55,57,59,74H,2-8,10-13,15,19-39,71H2,1H3. The van der Waals surface area contributed by atoms with Gasteiger partial charge in [-0.2, -0.15) is 0 Å². The van der Waals surface area contributed by atoms with Crippen molar-refractivity contribution in [1.82, 2.24) is 9.80 Å². The number of aliphatic hydroxyl groups is 1. The Kier molecular flexibility index (Phi) is 10.2. The summed E-state index contributed by atoms with van der Waals surface area (Å²) in [6, 6.07) is 7.82. The van der Waals surface area contributed by atoms with Crippen molar-refractivity contribution in [1.29, 1.82) is 0 Å². The molecule has 7 aliphatic heterocycles. The third-order valence-electron chi connectivity index (χ3n) is 29.2. The van der Waals surface area contributed by atoms with E-state index in [2.05, 4.69) is 47.1 Å². The molecule has 7 heterocycles. The Morgan fingerprint density at radius 2 is 1.58 bits per heavy atom. The van der Waals surface area contributed by atoms with Crippen molar-refractivity contribution in [2.24, 2.45) is 97.9 Å². The number of piperidine rings is 3. The number of benzene rings is 1. The van der Waals surface area contributed by atoms with Crippen LogP contribution in [-0.4, -0.2) is 64.6 Å². The van der Waals surface area contributed by atoms with Crippen molar-refractivity contribution in [2.45, 2.75) is 223 Å². The molecule has 8 nitrogen and oxygen atoms in total. The summed E-state index contributed by atoms with van der Waals surface area (Å²) in [4.78, 5) is 38.7. The lowest BCUT2D eigenvalue weighted by atomic mass is 9.27. The number of aryl methyl sites for hydroxylation is 1. The van der Waals surface area contributed by atoms with E-state index in [0.717, 1.165) is 61.8 Å². The van der Waals surface area contributed by atoms with Gasteiger partial charge >= 0.3 is 11.9 Å². The lowest BCUT2D eigenvalue weighted by Gasteiger charge is -2.73. The van der Waals surface area contributed by atoms with Crippen molar-refractivity contribution in [3.8, 4) is 0 Å². The molecule has 17 atom stereocenters. The van der Waals surface area contributed by atoms with E-state index in [1.165, 1.54) is 153 Å². The normalized spacial score (nSPS) is 47.5. The Bertz CT molecular complexity index is 2910. The first kappa shape index (κ1) is 48.2. The molecular formula is C70H91N3O5. The molecule has 1 aromatic rings. The van der Waals surface area contributed by atoms with Gasteiger partial charge in [-0.05, 0) is 223 Å². The van der Waals surface area contributed by atoms with Crippen molar-refractivity contribution >= 4 is 11.9 Å². The van der Waals surface area contributed by atoms with Crippen LogP contribution in [0.3, 0.4) is 0 Å². The number of allylic oxidation sites excluding steroid dienone is 4. The first-order valence-electron chi connectivity index (χ1n) is 33.5. The number of carbonyl (C=O) groups excluding carboxylic acids is 2. The van der Waals surface area contributed by atoms with Crippen LogP contribution in [0, 0.1) is 92.2 Å². The number of aliphatic hydroxyl groups excluding tert-OH is 1. The lowest BCUT2D eigenvalue weighted by molar-refractivity contribution is -0.282. The smallest absolute Gasteiger partial charge is 0.339 e. The molecule has 1 aromatic carbocycles. The SMILES string of the molecule is CC1CC2=C3C4C5=C6C(C=CC(C7CCCCC7)CC7C68C(=O)OC(=C(O)C6CCC9C%10CC(CN9C6C6CC9(CCCC9)C9(CCCC9%11CCCC%11)C6)C(CC2)N3C%10)C8(CC5)C72OC(=O)c3c(CCCN)cccc32)CC14. The summed E-state index contributed by atoms with van der Waals surface area (Å²) in [5, 5.41) is 14.6. The van der Waals surface area contributed by atoms with E-state index in [1.807, 2.05) is 0 Å². The van der Waals surface area contributed by atoms with Crippen LogP contribution in [-0.2, 0) is 26.3 Å². The van der Waals surface area contributed by atoms with Gasteiger partial charge in [-0.1, -0.05) is 99.8 Å². The molecule has 17 aliphatic rings. The highest BCUT2D eigenvalue weighted by atomic mass is 16.6. The molecule has 10 fully saturated rings. The minimum atomic E-state index is -1.14. The van der Waals surface area contributed by atoms with Crippen molar-refractivity contribution in [3.05, 3.63) is 81.0 Å². The van der Waals surface area contributed by atoms with Crippen LogP contribution in [0.5, 0.6) is 0 Å². The zero-order valence-electron chi connectivity index (χ0n) is 47.4. The molecule has 0 aromatic heterocycles. The average molecular weight is 1050 g/mol. The van der Waals surface area contributed by atoms with Crippen LogP contribution >= 0.6 is 0 Å². The predicted octanol–water partition coefficient (Wildman–Crippen LogP) is 13.9. The fourth-order valence-electron chi connectivity index (χ4n) is 27.2. The number of rotatable bonds is 5. The topological polar surface area (TPSA) is 105 Å². The molecule has 0 radical (unpaired) electrons. The van der Waals surface area contributed by atoms with E-state index in [9.17, 15) is 5.11 Å². The number of nitrogens with zero attached hydrogens (tertiary/aromatic N) is 2. The van der Waals surface area contributed by atoms with Gasteiger partial charge in [0, 0.05) is 60.2 Å². The summed E-state index contributed by atoms with van der Waals surface area (Å²) in [5.41, 5.74) is 13.4. The molecular weight excluding hydrogens is 963 g/mol. The molecule has 6 spiro atoms. The highest BCUT2D eigenvalue weighted by molar-refractivity contribution is 6.00. The van der Waals surface area contributed by atoms with Crippen LogP contribution in [0.4, 0.5) is 0 Å². The second-order valence-corrected chi connectivity index (χ2v) is 31.0. The maximum Gasteiger partial charge on any atom is 0.339 e. The van der Waals surface area contributed by atoms with Crippen molar-refractivity contribution in [3.63, 3.8) is 0 Å². The summed E-state index contributed by atoms with van der Waals surface area (Å²) in [7, 11) is 0. The minimum absolute atomic E-state index is 0.108. The number of hydrogen-bond donors (Lipinski definition) is 2. The summed E-state index contributed by atoms with van der Waals surface area (Å²) in [5.74, 6) is 4.22. The van der Waals surface area contributed by atoms with E-state index in [0.29, 0.717) is 101 Å². The maximum absolute atomic E-state index is 16.9. The molecule has 0 amide bonds. The second-order valence-electron chi connectivity index (χ2n) is 31.0. The zero-order valence-corrected chi connectivity index (χ0v) is 47.4. The van der Waals surface area contributed by atoms with Gasteiger partial charge in [0.1, 0.15) is 11.2 Å². The number of esters is 2. The van der Waals surface area contributed by atoms with Crippen LogP contribution in [0.1, 0.15) is 215 Å². The average Bonchev–Trinajstić information content (AvgIpc) is 1.56. The first-order chi connectivity index (χ1) is 38.1. The predicted molar refractivity (Wildman–Crippen MR) is 300 cm³/mol. The summed E-state index contributed by atoms with van der Waals surface area (Å²) in [6.45, 7) is 5.47. The molecule has 6 saturated carbocycles. The quantitative estimate of drug-likeness (QED) is 0.222. The number of hydrogen-bond acceptors (Lipinski definition) is 8. The van der Waals surface area contributed by atoms with Crippen molar-refractivity contribution in [2.75, 3.05) is 19.6 Å². The van der Waals surface area contributed by atoms with Crippen LogP contribution in [0.15, 0.2) is 64.3 Å². The lowest BCUT2D eigenvalue weighted by Crippen LogP contribution is -2.78. The Hall–Kier alpha value is -3.36. The summed E-state index contributed by atoms with van der Waals surface area (Å²) >= 11 is 0. The molecule has 7 bridgehead atoms. The third kappa shape index (κ3) is 5.49. The maximum atomic E-state index is 16.9. The molecule has 17 unspecified atom stereocenters. The summed E-state index contributed by atoms with van der Waals surface area (Å²) in [6.07, 6.45) is 41.7. The van der Waals surface area contributed by atoms with E-state index in [1.54, 1.807) is 16.8 Å². The first-order valence-corrected chi connectivity index (χ1v) is 33.5. The minimum Gasteiger partial charge on any atom is -0.508 e.